The van der Waals surface area contributed by atoms with Crippen LogP contribution in [0.1, 0.15) is 50.6 Å². The monoisotopic (exact) mass is 472 g/mol. The van der Waals surface area contributed by atoms with Gasteiger partial charge in [-0.2, -0.15) is 0 Å². The van der Waals surface area contributed by atoms with Gasteiger partial charge in [0.05, 0.1) is 18.7 Å². The van der Waals surface area contributed by atoms with Crippen LogP contribution in [0, 0.1) is 19.3 Å². The molecule has 2 aromatic carbocycles. The van der Waals surface area contributed by atoms with Crippen LogP contribution in [0.15, 0.2) is 54.6 Å². The van der Waals surface area contributed by atoms with Crippen molar-refractivity contribution in [2.45, 2.75) is 53.9 Å². The minimum atomic E-state index is -0.211. The first-order chi connectivity index (χ1) is 16.8. The molecule has 35 heavy (non-hydrogen) atoms. The van der Waals surface area contributed by atoms with Crippen molar-refractivity contribution in [1.82, 2.24) is 4.98 Å². The van der Waals surface area contributed by atoms with E-state index in [1.807, 2.05) is 56.3 Å². The molecule has 0 amide bonds. The van der Waals surface area contributed by atoms with E-state index in [1.165, 1.54) is 0 Å². The van der Waals surface area contributed by atoms with E-state index in [9.17, 15) is 4.79 Å². The molecule has 3 aromatic rings. The molecule has 1 aliphatic heterocycles. The number of rotatable bonds is 7. The lowest BCUT2D eigenvalue weighted by Gasteiger charge is -2.40. The molecule has 0 N–H and O–H groups in total. The second-order valence-corrected chi connectivity index (χ2v) is 10.1. The van der Waals surface area contributed by atoms with Crippen LogP contribution in [0.4, 0.5) is 5.69 Å². The van der Waals surface area contributed by atoms with Crippen molar-refractivity contribution < 1.29 is 14.3 Å². The van der Waals surface area contributed by atoms with Gasteiger partial charge in [-0.1, -0.05) is 44.2 Å². The number of nitrogens with zero attached hydrogens (tertiary/aromatic N) is 2. The zero-order chi connectivity index (χ0) is 25.0. The lowest BCUT2D eigenvalue weighted by atomic mass is 9.82. The van der Waals surface area contributed by atoms with Gasteiger partial charge in [0.25, 0.3) is 0 Å². The van der Waals surface area contributed by atoms with Crippen LogP contribution < -0.4 is 9.64 Å². The van der Waals surface area contributed by atoms with Crippen LogP contribution in [0.3, 0.4) is 0 Å². The molecular weight excluding hydrogens is 436 g/mol. The highest BCUT2D eigenvalue weighted by molar-refractivity contribution is 5.87. The van der Waals surface area contributed by atoms with E-state index in [2.05, 4.69) is 37.8 Å². The number of benzene rings is 2. The second-order valence-electron chi connectivity index (χ2n) is 10.1. The average molecular weight is 473 g/mol. The predicted octanol–water partition coefficient (Wildman–Crippen LogP) is 6.89. The second kappa shape index (κ2) is 10.5. The van der Waals surface area contributed by atoms with Gasteiger partial charge in [-0.25, -0.2) is 0 Å². The van der Waals surface area contributed by atoms with E-state index in [-0.39, 0.29) is 12.4 Å². The van der Waals surface area contributed by atoms with E-state index < -0.39 is 0 Å². The molecule has 2 heterocycles. The van der Waals surface area contributed by atoms with Crippen LogP contribution in [0.5, 0.6) is 11.5 Å². The lowest BCUT2D eigenvalue weighted by Crippen LogP contribution is -2.38. The summed E-state index contributed by atoms with van der Waals surface area (Å²) in [6.07, 6.45) is 2.44. The van der Waals surface area contributed by atoms with Crippen LogP contribution in [0.2, 0.25) is 0 Å². The number of hydrogen-bond acceptors (Lipinski definition) is 5. The maximum absolute atomic E-state index is 12.6. The van der Waals surface area contributed by atoms with Crippen molar-refractivity contribution in [1.29, 1.82) is 0 Å². The first-order valence-corrected chi connectivity index (χ1v) is 12.5. The van der Waals surface area contributed by atoms with Gasteiger partial charge in [0, 0.05) is 35.6 Å². The number of aryl methyl sites for hydroxylation is 2. The van der Waals surface area contributed by atoms with Crippen LogP contribution in [-0.2, 0) is 16.0 Å². The van der Waals surface area contributed by atoms with Crippen molar-refractivity contribution in [2.75, 3.05) is 24.6 Å². The van der Waals surface area contributed by atoms with Gasteiger partial charge in [0.15, 0.2) is 0 Å². The highest BCUT2D eigenvalue weighted by atomic mass is 16.5. The summed E-state index contributed by atoms with van der Waals surface area (Å²) in [4.78, 5) is 19.9. The largest absolute Gasteiger partial charge is 0.466 e. The summed E-state index contributed by atoms with van der Waals surface area (Å²) in [7, 11) is 0. The SMILES string of the molecule is CCOC(=O)Cc1c(C)nc(C)c(-c2ccc(Oc3ccccc3)cc2)c1N1CCC(C)(C)CC1. The Kier molecular flexibility index (Phi) is 7.44. The molecule has 4 rings (SSSR count). The van der Waals surface area contributed by atoms with E-state index in [0.29, 0.717) is 12.0 Å². The summed E-state index contributed by atoms with van der Waals surface area (Å²) >= 11 is 0. The maximum atomic E-state index is 12.6. The van der Waals surface area contributed by atoms with Crippen molar-refractivity contribution in [3.05, 3.63) is 71.5 Å². The molecule has 5 heteroatoms. The fraction of sp³-hybridized carbons (Fsp3) is 0.400. The quantitative estimate of drug-likeness (QED) is 0.351. The Morgan fingerprint density at radius 3 is 2.20 bits per heavy atom. The van der Waals surface area contributed by atoms with Crippen LogP contribution in [0.25, 0.3) is 11.1 Å². The summed E-state index contributed by atoms with van der Waals surface area (Å²) in [5.74, 6) is 1.38. The standard InChI is InChI=1S/C30H36N2O3/c1-6-34-27(33)20-26-21(2)31-22(3)28(29(26)32-18-16-30(4,5)17-19-32)23-12-14-25(15-13-23)35-24-10-8-7-9-11-24/h7-15H,6,16-20H2,1-5H3. The summed E-state index contributed by atoms with van der Waals surface area (Å²) in [5.41, 5.74) is 6.42. The topological polar surface area (TPSA) is 51.7 Å². The summed E-state index contributed by atoms with van der Waals surface area (Å²) < 4.78 is 11.3. The molecule has 184 valence electrons. The molecule has 0 atom stereocenters. The minimum Gasteiger partial charge on any atom is -0.466 e. The average Bonchev–Trinajstić information content (AvgIpc) is 2.82. The molecular formula is C30H36N2O3. The molecule has 0 saturated carbocycles. The number of para-hydroxylation sites is 1. The van der Waals surface area contributed by atoms with E-state index >= 15 is 0 Å². The number of aromatic nitrogens is 1. The summed E-state index contributed by atoms with van der Waals surface area (Å²) in [5, 5.41) is 0. The minimum absolute atomic E-state index is 0.211. The van der Waals surface area contributed by atoms with Crippen molar-refractivity contribution in [3.8, 4) is 22.6 Å². The summed E-state index contributed by atoms with van der Waals surface area (Å²) in [6, 6.07) is 17.9. The Balaban J connectivity index is 1.75. The lowest BCUT2D eigenvalue weighted by molar-refractivity contribution is -0.142. The summed E-state index contributed by atoms with van der Waals surface area (Å²) in [6.45, 7) is 12.8. The Labute approximate surface area is 209 Å². The van der Waals surface area contributed by atoms with E-state index in [4.69, 9.17) is 14.5 Å². The smallest absolute Gasteiger partial charge is 0.310 e. The third kappa shape index (κ3) is 5.84. The molecule has 0 unspecified atom stereocenters. The van der Waals surface area contributed by atoms with E-state index in [0.717, 1.165) is 71.2 Å². The highest BCUT2D eigenvalue weighted by Gasteiger charge is 2.30. The van der Waals surface area contributed by atoms with Gasteiger partial charge in [-0.15, -0.1) is 0 Å². The Hall–Kier alpha value is -3.34. The van der Waals surface area contributed by atoms with Gasteiger partial charge in [-0.05, 0) is 68.9 Å². The first kappa shape index (κ1) is 24.8. The number of carbonyl (C=O) groups excluding carboxylic acids is 1. The molecule has 0 aliphatic carbocycles. The molecule has 0 spiro atoms. The molecule has 0 bridgehead atoms. The maximum Gasteiger partial charge on any atom is 0.310 e. The predicted molar refractivity (Wildman–Crippen MR) is 141 cm³/mol. The molecule has 1 fully saturated rings. The Morgan fingerprint density at radius 1 is 0.943 bits per heavy atom. The van der Waals surface area contributed by atoms with Crippen LogP contribution in [-0.4, -0.2) is 30.6 Å². The number of anilines is 1. The van der Waals surface area contributed by atoms with Crippen molar-refractivity contribution >= 4 is 11.7 Å². The van der Waals surface area contributed by atoms with Gasteiger partial charge in [0.1, 0.15) is 11.5 Å². The molecule has 0 radical (unpaired) electrons. The van der Waals surface area contributed by atoms with Crippen molar-refractivity contribution in [2.24, 2.45) is 5.41 Å². The third-order valence-electron chi connectivity index (χ3n) is 6.84. The molecule has 5 nitrogen and oxygen atoms in total. The Bertz CT molecular complexity index is 1160. The number of ether oxygens (including phenoxy) is 2. The zero-order valence-electron chi connectivity index (χ0n) is 21.6. The fourth-order valence-electron chi connectivity index (χ4n) is 4.78. The number of carbonyl (C=O) groups is 1. The fourth-order valence-corrected chi connectivity index (χ4v) is 4.78. The first-order valence-electron chi connectivity index (χ1n) is 12.5. The van der Waals surface area contributed by atoms with Crippen molar-refractivity contribution in [3.63, 3.8) is 0 Å². The number of esters is 1. The third-order valence-corrected chi connectivity index (χ3v) is 6.84. The normalized spacial score (nSPS) is 15.1. The van der Waals surface area contributed by atoms with Gasteiger partial charge >= 0.3 is 5.97 Å². The number of piperidine rings is 1. The number of hydrogen-bond donors (Lipinski definition) is 0. The highest BCUT2D eigenvalue weighted by Crippen LogP contribution is 2.42. The molecule has 1 aliphatic rings. The molecule has 1 aromatic heterocycles. The Morgan fingerprint density at radius 2 is 1.57 bits per heavy atom. The molecule has 1 saturated heterocycles. The van der Waals surface area contributed by atoms with Gasteiger partial charge in [0.2, 0.25) is 0 Å². The number of pyridine rings is 1. The van der Waals surface area contributed by atoms with E-state index in [1.54, 1.807) is 0 Å². The van der Waals surface area contributed by atoms with Crippen LogP contribution >= 0.6 is 0 Å². The van der Waals surface area contributed by atoms with Gasteiger partial charge < -0.3 is 14.4 Å². The zero-order valence-corrected chi connectivity index (χ0v) is 21.6. The van der Waals surface area contributed by atoms with Gasteiger partial charge in [-0.3, -0.25) is 9.78 Å².